The van der Waals surface area contributed by atoms with Gasteiger partial charge in [0.15, 0.2) is 0 Å². The maximum Gasteiger partial charge on any atom is 0.312 e. The van der Waals surface area contributed by atoms with Gasteiger partial charge in [0.05, 0.1) is 12.2 Å². The zero-order valence-electron chi connectivity index (χ0n) is 11.0. The molecule has 6 heteroatoms. The van der Waals surface area contributed by atoms with Crippen molar-refractivity contribution < 1.29 is 9.59 Å². The van der Waals surface area contributed by atoms with Gasteiger partial charge < -0.3 is 9.80 Å². The van der Waals surface area contributed by atoms with E-state index in [9.17, 15) is 9.59 Å². The number of hydrogen-bond donors (Lipinski definition) is 0. The van der Waals surface area contributed by atoms with E-state index in [0.717, 1.165) is 10.2 Å². The minimum Gasteiger partial charge on any atom is -0.330 e. The molecule has 1 aliphatic rings. The first-order valence-electron chi connectivity index (χ1n) is 6.19. The molecular formula is C13H16BrN3O2. The van der Waals surface area contributed by atoms with Crippen LogP contribution in [0.3, 0.4) is 0 Å². The molecule has 0 saturated carbocycles. The number of rotatable bonds is 3. The summed E-state index contributed by atoms with van der Waals surface area (Å²) in [5.74, 6) is -0.858. The lowest BCUT2D eigenvalue weighted by atomic mass is 10.2. The second-order valence-corrected chi connectivity index (χ2v) is 5.70. The van der Waals surface area contributed by atoms with Crippen LogP contribution in [0.2, 0.25) is 0 Å². The smallest absolute Gasteiger partial charge is 0.312 e. The molecule has 0 aromatic carbocycles. The zero-order chi connectivity index (χ0) is 14.0. The first-order chi connectivity index (χ1) is 8.99. The van der Waals surface area contributed by atoms with Crippen molar-refractivity contribution in [1.29, 1.82) is 0 Å². The van der Waals surface area contributed by atoms with Crippen LogP contribution >= 0.6 is 15.9 Å². The molecule has 0 bridgehead atoms. The van der Waals surface area contributed by atoms with Gasteiger partial charge in [-0.3, -0.25) is 14.6 Å². The van der Waals surface area contributed by atoms with Crippen molar-refractivity contribution in [1.82, 2.24) is 14.8 Å². The van der Waals surface area contributed by atoms with Gasteiger partial charge in [0.25, 0.3) is 0 Å². The molecule has 19 heavy (non-hydrogen) atoms. The average molecular weight is 326 g/mol. The molecule has 5 nitrogen and oxygen atoms in total. The van der Waals surface area contributed by atoms with Crippen LogP contribution in [0.4, 0.5) is 0 Å². The highest BCUT2D eigenvalue weighted by atomic mass is 79.9. The highest BCUT2D eigenvalue weighted by Crippen LogP contribution is 2.13. The maximum absolute atomic E-state index is 12.0. The second-order valence-electron chi connectivity index (χ2n) is 4.79. The Morgan fingerprint density at radius 3 is 2.58 bits per heavy atom. The highest BCUT2D eigenvalue weighted by Gasteiger charge is 2.33. The molecule has 1 aromatic rings. The summed E-state index contributed by atoms with van der Waals surface area (Å²) in [6.07, 6.45) is 1.69. The average Bonchev–Trinajstić information content (AvgIpc) is 2.37. The number of halogens is 1. The lowest BCUT2D eigenvalue weighted by Gasteiger charge is -2.35. The summed E-state index contributed by atoms with van der Waals surface area (Å²) in [5.41, 5.74) is 0.780. The number of amides is 2. The van der Waals surface area contributed by atoms with Crippen LogP contribution in [-0.4, -0.2) is 45.7 Å². The fourth-order valence-electron chi connectivity index (χ4n) is 2.03. The Balaban J connectivity index is 2.05. The molecule has 0 N–H and O–H groups in total. The van der Waals surface area contributed by atoms with Crippen LogP contribution in [0.5, 0.6) is 0 Å². The molecule has 0 aliphatic carbocycles. The molecule has 0 unspecified atom stereocenters. The van der Waals surface area contributed by atoms with Gasteiger partial charge in [0.1, 0.15) is 0 Å². The van der Waals surface area contributed by atoms with E-state index in [1.54, 1.807) is 16.0 Å². The molecule has 1 aromatic heterocycles. The molecule has 0 atom stereocenters. The standard InChI is InChI=1S/C13H16BrN3O2/c1-9(2)17-6-5-16(12(18)13(17)19)8-11-4-3-10(14)7-15-11/h3-4,7,9H,5-6,8H2,1-2H3. The predicted molar refractivity (Wildman–Crippen MR) is 74.2 cm³/mol. The Morgan fingerprint density at radius 2 is 2.00 bits per heavy atom. The lowest BCUT2D eigenvalue weighted by Crippen LogP contribution is -2.55. The fourth-order valence-corrected chi connectivity index (χ4v) is 2.26. The molecule has 1 saturated heterocycles. The number of aromatic nitrogens is 1. The molecular weight excluding hydrogens is 310 g/mol. The molecule has 0 spiro atoms. The molecule has 2 rings (SSSR count). The van der Waals surface area contributed by atoms with Gasteiger partial charge in [-0.15, -0.1) is 0 Å². The van der Waals surface area contributed by atoms with Crippen molar-refractivity contribution in [2.24, 2.45) is 0 Å². The predicted octanol–water partition coefficient (Wildman–Crippen LogP) is 1.42. The summed E-state index contributed by atoms with van der Waals surface area (Å²) in [7, 11) is 0. The number of pyridine rings is 1. The summed E-state index contributed by atoms with van der Waals surface area (Å²) in [6.45, 7) is 5.34. The maximum atomic E-state index is 12.0. The summed E-state index contributed by atoms with van der Waals surface area (Å²) in [5, 5.41) is 0. The minimum absolute atomic E-state index is 0.0596. The van der Waals surface area contributed by atoms with E-state index in [-0.39, 0.29) is 6.04 Å². The van der Waals surface area contributed by atoms with E-state index in [2.05, 4.69) is 20.9 Å². The van der Waals surface area contributed by atoms with Gasteiger partial charge in [-0.2, -0.15) is 0 Å². The lowest BCUT2D eigenvalue weighted by molar-refractivity contribution is -0.157. The highest BCUT2D eigenvalue weighted by molar-refractivity contribution is 9.10. The minimum atomic E-state index is -0.440. The SMILES string of the molecule is CC(C)N1CCN(Cc2ccc(Br)cn2)C(=O)C1=O. The Bertz CT molecular complexity index is 487. The van der Waals surface area contributed by atoms with Gasteiger partial charge in [0, 0.05) is 29.8 Å². The van der Waals surface area contributed by atoms with Gasteiger partial charge in [-0.25, -0.2) is 0 Å². The van der Waals surface area contributed by atoms with Crippen LogP contribution in [0, 0.1) is 0 Å². The van der Waals surface area contributed by atoms with Crippen molar-refractivity contribution in [3.05, 3.63) is 28.5 Å². The topological polar surface area (TPSA) is 53.5 Å². The van der Waals surface area contributed by atoms with Gasteiger partial charge in [0.2, 0.25) is 0 Å². The van der Waals surface area contributed by atoms with Crippen molar-refractivity contribution in [3.63, 3.8) is 0 Å². The third kappa shape index (κ3) is 3.12. The van der Waals surface area contributed by atoms with E-state index in [1.165, 1.54) is 0 Å². The summed E-state index contributed by atoms with van der Waals surface area (Å²) in [6, 6.07) is 3.78. The zero-order valence-corrected chi connectivity index (χ0v) is 12.6. The fraction of sp³-hybridized carbons (Fsp3) is 0.462. The van der Waals surface area contributed by atoms with Crippen LogP contribution in [0.25, 0.3) is 0 Å². The Kier molecular flexibility index (Phi) is 4.19. The molecule has 2 amide bonds. The van der Waals surface area contributed by atoms with Crippen molar-refractivity contribution in [2.75, 3.05) is 13.1 Å². The third-order valence-electron chi connectivity index (χ3n) is 3.11. The van der Waals surface area contributed by atoms with Crippen LogP contribution in [0.15, 0.2) is 22.8 Å². The Hall–Kier alpha value is -1.43. The van der Waals surface area contributed by atoms with Crippen LogP contribution in [-0.2, 0) is 16.1 Å². The summed E-state index contributed by atoms with van der Waals surface area (Å²) < 4.78 is 0.892. The van der Waals surface area contributed by atoms with Crippen LogP contribution < -0.4 is 0 Å². The monoisotopic (exact) mass is 325 g/mol. The molecule has 2 heterocycles. The van der Waals surface area contributed by atoms with E-state index in [1.807, 2.05) is 26.0 Å². The molecule has 102 valence electrons. The number of nitrogens with zero attached hydrogens (tertiary/aromatic N) is 3. The van der Waals surface area contributed by atoms with Gasteiger partial charge in [-0.05, 0) is 41.9 Å². The number of hydrogen-bond acceptors (Lipinski definition) is 3. The van der Waals surface area contributed by atoms with E-state index in [4.69, 9.17) is 0 Å². The quantitative estimate of drug-likeness (QED) is 0.790. The molecule has 1 fully saturated rings. The number of piperazine rings is 1. The number of carbonyl (C=O) groups excluding carboxylic acids is 2. The first kappa shape index (κ1) is 14.0. The third-order valence-corrected chi connectivity index (χ3v) is 3.58. The van der Waals surface area contributed by atoms with E-state index < -0.39 is 11.8 Å². The van der Waals surface area contributed by atoms with Crippen molar-refractivity contribution in [3.8, 4) is 0 Å². The van der Waals surface area contributed by atoms with Gasteiger partial charge in [-0.1, -0.05) is 0 Å². The molecule has 0 radical (unpaired) electrons. The Morgan fingerprint density at radius 1 is 1.26 bits per heavy atom. The number of carbonyl (C=O) groups is 2. The van der Waals surface area contributed by atoms with E-state index in [0.29, 0.717) is 19.6 Å². The summed E-state index contributed by atoms with van der Waals surface area (Å²) >= 11 is 3.31. The largest absolute Gasteiger partial charge is 0.330 e. The van der Waals surface area contributed by atoms with Crippen molar-refractivity contribution >= 4 is 27.7 Å². The Labute approximate surface area is 120 Å². The van der Waals surface area contributed by atoms with E-state index >= 15 is 0 Å². The van der Waals surface area contributed by atoms with Crippen molar-refractivity contribution in [2.45, 2.75) is 26.4 Å². The summed E-state index contributed by atoms with van der Waals surface area (Å²) in [4.78, 5) is 31.3. The molecule has 1 aliphatic heterocycles. The van der Waals surface area contributed by atoms with Crippen LogP contribution in [0.1, 0.15) is 19.5 Å². The normalized spacial score (nSPS) is 16.4. The van der Waals surface area contributed by atoms with Gasteiger partial charge >= 0.3 is 11.8 Å². The first-order valence-corrected chi connectivity index (χ1v) is 6.98. The second kappa shape index (κ2) is 5.69.